The predicted octanol–water partition coefficient (Wildman–Crippen LogP) is 2.17. The van der Waals surface area contributed by atoms with E-state index in [2.05, 4.69) is 5.32 Å². The number of carbonyl (C=O) groups excluding carboxylic acids is 2. The maximum Gasteiger partial charge on any atom is 0.337 e. The van der Waals surface area contributed by atoms with Crippen LogP contribution in [0.2, 0.25) is 0 Å². The van der Waals surface area contributed by atoms with Crippen LogP contribution >= 0.6 is 0 Å². The zero-order valence-corrected chi connectivity index (χ0v) is 12.5. The minimum absolute atomic E-state index is 0.212. The number of nitriles is 1. The molecule has 6 nitrogen and oxygen atoms in total. The van der Waals surface area contributed by atoms with Crippen LogP contribution in [-0.2, 0) is 9.53 Å². The molecule has 1 N–H and O–H groups in total. The molecule has 0 saturated carbocycles. The van der Waals surface area contributed by atoms with Crippen LogP contribution in [0.4, 0.5) is 11.4 Å². The number of ether oxygens (including phenoxy) is 1. The molecule has 1 aromatic rings. The van der Waals surface area contributed by atoms with Gasteiger partial charge < -0.3 is 15.0 Å². The maximum absolute atomic E-state index is 11.6. The van der Waals surface area contributed by atoms with Crippen LogP contribution in [0.25, 0.3) is 0 Å². The van der Waals surface area contributed by atoms with Gasteiger partial charge in [-0.1, -0.05) is 0 Å². The van der Waals surface area contributed by atoms with Gasteiger partial charge in [-0.25, -0.2) is 4.79 Å². The highest BCUT2D eigenvalue weighted by Gasteiger charge is 2.15. The van der Waals surface area contributed by atoms with Crippen molar-refractivity contribution in [3.05, 3.63) is 23.8 Å². The van der Waals surface area contributed by atoms with Crippen molar-refractivity contribution in [1.82, 2.24) is 0 Å². The van der Waals surface area contributed by atoms with Crippen molar-refractivity contribution in [1.29, 1.82) is 5.26 Å². The molecule has 0 radical (unpaired) electrons. The fourth-order valence-electron chi connectivity index (χ4n) is 1.97. The molecule has 1 rings (SSSR count). The SMILES string of the molecule is CCN(CC)c1cc(C(=O)OC)ccc1NC(=O)CC#N. The van der Waals surface area contributed by atoms with E-state index in [9.17, 15) is 9.59 Å². The summed E-state index contributed by atoms with van der Waals surface area (Å²) in [5.74, 6) is -0.810. The average molecular weight is 289 g/mol. The molecule has 1 amide bonds. The van der Waals surface area contributed by atoms with Crippen LogP contribution in [0, 0.1) is 11.3 Å². The molecule has 0 saturated heterocycles. The van der Waals surface area contributed by atoms with Gasteiger partial charge in [-0.3, -0.25) is 4.79 Å². The molecular weight excluding hydrogens is 270 g/mol. The van der Waals surface area contributed by atoms with E-state index >= 15 is 0 Å². The minimum Gasteiger partial charge on any atom is -0.465 e. The van der Waals surface area contributed by atoms with E-state index < -0.39 is 5.97 Å². The topological polar surface area (TPSA) is 82.4 Å². The predicted molar refractivity (Wildman–Crippen MR) is 80.2 cm³/mol. The molecule has 1 aromatic carbocycles. The summed E-state index contributed by atoms with van der Waals surface area (Å²) in [7, 11) is 1.32. The molecule has 0 bridgehead atoms. The van der Waals surface area contributed by atoms with Crippen molar-refractivity contribution in [2.75, 3.05) is 30.4 Å². The Labute approximate surface area is 124 Å². The molecule has 0 aliphatic carbocycles. The number of benzene rings is 1. The third kappa shape index (κ3) is 4.21. The second-order valence-corrected chi connectivity index (χ2v) is 4.28. The summed E-state index contributed by atoms with van der Waals surface area (Å²) in [6.07, 6.45) is -0.212. The first-order chi connectivity index (χ1) is 10.1. The van der Waals surface area contributed by atoms with Crippen molar-refractivity contribution < 1.29 is 14.3 Å². The maximum atomic E-state index is 11.6. The van der Waals surface area contributed by atoms with Gasteiger partial charge >= 0.3 is 5.97 Å². The van der Waals surface area contributed by atoms with E-state index in [-0.39, 0.29) is 12.3 Å². The molecule has 6 heteroatoms. The molecule has 0 heterocycles. The molecule has 0 aliphatic heterocycles. The van der Waals surface area contributed by atoms with Crippen LogP contribution in [0.1, 0.15) is 30.6 Å². The summed E-state index contributed by atoms with van der Waals surface area (Å²) < 4.78 is 4.71. The Balaban J connectivity index is 3.20. The van der Waals surface area contributed by atoms with Gasteiger partial charge in [0.1, 0.15) is 6.42 Å². The van der Waals surface area contributed by atoms with E-state index in [1.54, 1.807) is 24.3 Å². The Morgan fingerprint density at radius 2 is 2.00 bits per heavy atom. The van der Waals surface area contributed by atoms with Gasteiger partial charge in [0.25, 0.3) is 0 Å². The zero-order valence-electron chi connectivity index (χ0n) is 12.5. The van der Waals surface area contributed by atoms with Gasteiger partial charge in [-0.15, -0.1) is 0 Å². The molecule has 21 heavy (non-hydrogen) atoms. The Morgan fingerprint density at radius 1 is 1.33 bits per heavy atom. The fraction of sp³-hybridized carbons (Fsp3) is 0.400. The first-order valence-electron chi connectivity index (χ1n) is 6.71. The number of esters is 1. The van der Waals surface area contributed by atoms with Gasteiger partial charge in [-0.05, 0) is 32.0 Å². The molecule has 112 valence electrons. The first-order valence-corrected chi connectivity index (χ1v) is 6.71. The van der Waals surface area contributed by atoms with Crippen LogP contribution in [0.15, 0.2) is 18.2 Å². The highest BCUT2D eigenvalue weighted by Crippen LogP contribution is 2.27. The Morgan fingerprint density at radius 3 is 2.52 bits per heavy atom. The molecule has 0 atom stereocenters. The zero-order chi connectivity index (χ0) is 15.8. The Bertz CT molecular complexity index is 560. The van der Waals surface area contributed by atoms with Gasteiger partial charge in [0, 0.05) is 13.1 Å². The van der Waals surface area contributed by atoms with Crippen molar-refractivity contribution in [2.45, 2.75) is 20.3 Å². The van der Waals surface area contributed by atoms with Gasteiger partial charge in [0.15, 0.2) is 0 Å². The third-order valence-corrected chi connectivity index (χ3v) is 3.04. The smallest absolute Gasteiger partial charge is 0.337 e. The lowest BCUT2D eigenvalue weighted by atomic mass is 10.1. The van der Waals surface area contributed by atoms with Crippen LogP contribution in [0.5, 0.6) is 0 Å². The Kier molecular flexibility index (Phi) is 6.21. The molecule has 0 aromatic heterocycles. The quantitative estimate of drug-likeness (QED) is 0.811. The van der Waals surface area contributed by atoms with Gasteiger partial charge in [0.2, 0.25) is 5.91 Å². The van der Waals surface area contributed by atoms with Crippen LogP contribution in [-0.4, -0.2) is 32.1 Å². The summed E-state index contributed by atoms with van der Waals surface area (Å²) in [6.45, 7) is 5.41. The van der Waals surface area contributed by atoms with Crippen LogP contribution in [0.3, 0.4) is 0 Å². The molecule has 0 unspecified atom stereocenters. The third-order valence-electron chi connectivity index (χ3n) is 3.04. The standard InChI is InChI=1S/C15H19N3O3/c1-4-18(5-2)13-10-11(15(20)21-3)6-7-12(13)17-14(19)8-9-16/h6-7,10H,4-5,8H2,1-3H3,(H,17,19). The number of rotatable bonds is 6. The van der Waals surface area contributed by atoms with Crippen LogP contribution < -0.4 is 10.2 Å². The average Bonchev–Trinajstić information content (AvgIpc) is 2.49. The normalized spacial score (nSPS) is 9.62. The highest BCUT2D eigenvalue weighted by atomic mass is 16.5. The van der Waals surface area contributed by atoms with Crippen molar-refractivity contribution in [3.63, 3.8) is 0 Å². The van der Waals surface area contributed by atoms with Gasteiger partial charge in [0.05, 0.1) is 30.1 Å². The molecular formula is C15H19N3O3. The fourth-order valence-corrected chi connectivity index (χ4v) is 1.97. The van der Waals surface area contributed by atoms with Crippen molar-refractivity contribution in [2.24, 2.45) is 0 Å². The number of carbonyl (C=O) groups is 2. The second kappa shape index (κ2) is 7.90. The number of nitrogens with one attached hydrogen (secondary N) is 1. The number of methoxy groups -OCH3 is 1. The lowest BCUT2D eigenvalue weighted by Crippen LogP contribution is -2.24. The number of nitrogens with zero attached hydrogens (tertiary/aromatic N) is 2. The van der Waals surface area contributed by atoms with E-state index in [1.165, 1.54) is 7.11 Å². The van der Waals surface area contributed by atoms with E-state index in [4.69, 9.17) is 10.00 Å². The van der Waals surface area contributed by atoms with Crippen molar-refractivity contribution in [3.8, 4) is 6.07 Å². The molecule has 0 spiro atoms. The number of hydrogen-bond acceptors (Lipinski definition) is 5. The lowest BCUT2D eigenvalue weighted by molar-refractivity contribution is -0.115. The van der Waals surface area contributed by atoms with E-state index in [0.29, 0.717) is 11.3 Å². The summed E-state index contributed by atoms with van der Waals surface area (Å²) in [5, 5.41) is 11.2. The van der Waals surface area contributed by atoms with E-state index in [0.717, 1.165) is 18.8 Å². The molecule has 0 fully saturated rings. The van der Waals surface area contributed by atoms with Crippen molar-refractivity contribution >= 4 is 23.3 Å². The largest absolute Gasteiger partial charge is 0.465 e. The summed E-state index contributed by atoms with van der Waals surface area (Å²) in [5.41, 5.74) is 1.72. The number of anilines is 2. The number of hydrogen-bond donors (Lipinski definition) is 1. The summed E-state index contributed by atoms with van der Waals surface area (Å²) in [4.78, 5) is 25.2. The monoisotopic (exact) mass is 289 g/mol. The summed E-state index contributed by atoms with van der Waals surface area (Å²) >= 11 is 0. The molecule has 0 aliphatic rings. The highest BCUT2D eigenvalue weighted by molar-refractivity contribution is 5.98. The Hall–Kier alpha value is -2.55. The second-order valence-electron chi connectivity index (χ2n) is 4.28. The first kappa shape index (κ1) is 16.5. The summed E-state index contributed by atoms with van der Waals surface area (Å²) in [6, 6.07) is 6.72. The lowest BCUT2D eigenvalue weighted by Gasteiger charge is -2.24. The number of amides is 1. The minimum atomic E-state index is -0.432. The van der Waals surface area contributed by atoms with Gasteiger partial charge in [-0.2, -0.15) is 5.26 Å². The van der Waals surface area contributed by atoms with E-state index in [1.807, 2.05) is 18.7 Å².